The fourth-order valence-electron chi connectivity index (χ4n) is 1.51. The Morgan fingerprint density at radius 2 is 2.06 bits per heavy atom. The summed E-state index contributed by atoms with van der Waals surface area (Å²) in [6, 6.07) is 5.52. The average molecular weight is 292 g/mol. The van der Waals surface area contributed by atoms with E-state index < -0.39 is 10.0 Å². The number of unbranched alkanes of at least 4 members (excludes halogenated alkanes) is 1. The second-order valence-corrected chi connectivity index (χ2v) is 6.17. The van der Waals surface area contributed by atoms with Gasteiger partial charge in [-0.25, -0.2) is 13.6 Å². The van der Waals surface area contributed by atoms with Crippen molar-refractivity contribution in [3.63, 3.8) is 0 Å². The van der Waals surface area contributed by atoms with Gasteiger partial charge in [-0.05, 0) is 43.0 Å². The van der Waals surface area contributed by atoms with E-state index >= 15 is 0 Å². The van der Waals surface area contributed by atoms with Gasteiger partial charge in [0.05, 0.1) is 12.4 Å². The molecule has 102 valence electrons. The second kappa shape index (κ2) is 6.97. The lowest BCUT2D eigenvalue weighted by atomic mass is 10.1. The Hall–Kier alpha value is -0.780. The smallest absolute Gasteiger partial charge is 0.209 e. The normalized spacial score (nSPS) is 11.5. The molecule has 0 atom stereocenters. The van der Waals surface area contributed by atoms with Crippen LogP contribution in [0, 0.1) is 0 Å². The van der Waals surface area contributed by atoms with Gasteiger partial charge in [0.25, 0.3) is 0 Å². The highest BCUT2D eigenvalue weighted by molar-refractivity contribution is 7.89. The number of sulfonamides is 1. The van der Waals surface area contributed by atoms with Crippen LogP contribution in [0.25, 0.3) is 0 Å². The molecule has 1 aromatic carbocycles. The zero-order valence-corrected chi connectivity index (χ0v) is 11.9. The molecule has 0 aliphatic carbocycles. The molecule has 0 heterocycles. The maximum atomic E-state index is 10.7. The van der Waals surface area contributed by atoms with Crippen LogP contribution in [0.4, 0.5) is 0 Å². The largest absolute Gasteiger partial charge is 0.494 e. The molecule has 6 heteroatoms. The molecule has 0 aliphatic heterocycles. The van der Waals surface area contributed by atoms with Crippen molar-refractivity contribution in [2.75, 3.05) is 12.4 Å². The topological polar surface area (TPSA) is 69.4 Å². The van der Waals surface area contributed by atoms with E-state index in [4.69, 9.17) is 21.5 Å². The Labute approximate surface area is 113 Å². The molecule has 0 bridgehead atoms. The molecule has 0 unspecified atom stereocenters. The lowest BCUT2D eigenvalue weighted by molar-refractivity contribution is 0.309. The van der Waals surface area contributed by atoms with Crippen LogP contribution in [0.2, 0.25) is 5.02 Å². The van der Waals surface area contributed by atoms with Gasteiger partial charge in [-0.3, -0.25) is 0 Å². The lowest BCUT2D eigenvalue weighted by Gasteiger charge is -2.08. The predicted molar refractivity (Wildman–Crippen MR) is 73.5 cm³/mol. The van der Waals surface area contributed by atoms with Crippen molar-refractivity contribution in [1.29, 1.82) is 0 Å². The summed E-state index contributed by atoms with van der Waals surface area (Å²) >= 11 is 5.99. The third kappa shape index (κ3) is 5.71. The predicted octanol–water partition coefficient (Wildman–Crippen LogP) is 2.35. The van der Waals surface area contributed by atoms with Gasteiger partial charge >= 0.3 is 0 Å². The Bertz CT molecular complexity index is 488. The minimum absolute atomic E-state index is 0.00279. The minimum atomic E-state index is -3.36. The monoisotopic (exact) mass is 291 g/mol. The number of nitrogens with two attached hydrogens (primary N) is 1. The summed E-state index contributed by atoms with van der Waals surface area (Å²) in [5.74, 6) is 0.754. The zero-order chi connectivity index (χ0) is 13.6. The van der Waals surface area contributed by atoms with Gasteiger partial charge < -0.3 is 4.74 Å². The van der Waals surface area contributed by atoms with Crippen molar-refractivity contribution in [2.24, 2.45) is 5.14 Å². The fraction of sp³-hybridized carbons (Fsp3) is 0.500. The number of halogens is 1. The Morgan fingerprint density at radius 3 is 2.67 bits per heavy atom. The van der Waals surface area contributed by atoms with Crippen LogP contribution in [0.1, 0.15) is 25.3 Å². The van der Waals surface area contributed by atoms with E-state index in [1.807, 2.05) is 13.0 Å². The van der Waals surface area contributed by atoms with Crippen LogP contribution < -0.4 is 9.88 Å². The molecule has 0 spiro atoms. The summed E-state index contributed by atoms with van der Waals surface area (Å²) in [6.07, 6.45) is 2.01. The summed E-state index contributed by atoms with van der Waals surface area (Å²) in [7, 11) is -3.36. The van der Waals surface area contributed by atoms with E-state index in [9.17, 15) is 8.42 Å². The van der Waals surface area contributed by atoms with Crippen LogP contribution in [-0.4, -0.2) is 20.8 Å². The lowest BCUT2D eigenvalue weighted by Crippen LogP contribution is -2.16. The second-order valence-electron chi connectivity index (χ2n) is 4.03. The molecular formula is C12H18ClNO3S. The molecule has 2 N–H and O–H groups in total. The summed E-state index contributed by atoms with van der Waals surface area (Å²) in [4.78, 5) is 0. The van der Waals surface area contributed by atoms with Gasteiger partial charge in [0.1, 0.15) is 5.75 Å². The van der Waals surface area contributed by atoms with Gasteiger partial charge in [-0.15, -0.1) is 0 Å². The maximum absolute atomic E-state index is 10.7. The van der Waals surface area contributed by atoms with Crippen molar-refractivity contribution in [2.45, 2.75) is 26.2 Å². The quantitative estimate of drug-likeness (QED) is 0.784. The Morgan fingerprint density at radius 1 is 1.33 bits per heavy atom. The first-order valence-electron chi connectivity index (χ1n) is 5.84. The van der Waals surface area contributed by atoms with Crippen LogP contribution >= 0.6 is 11.6 Å². The maximum Gasteiger partial charge on any atom is 0.209 e. The molecule has 4 nitrogen and oxygen atoms in total. The van der Waals surface area contributed by atoms with E-state index in [0.29, 0.717) is 19.4 Å². The molecule has 0 radical (unpaired) electrons. The van der Waals surface area contributed by atoms with E-state index in [2.05, 4.69) is 0 Å². The van der Waals surface area contributed by atoms with E-state index in [0.717, 1.165) is 22.8 Å². The molecule has 0 saturated carbocycles. The highest BCUT2D eigenvalue weighted by Crippen LogP contribution is 2.22. The summed E-state index contributed by atoms with van der Waals surface area (Å²) in [6.45, 7) is 2.50. The number of rotatable bonds is 7. The fourth-order valence-corrected chi connectivity index (χ4v) is 2.36. The third-order valence-electron chi connectivity index (χ3n) is 2.49. The number of hydrogen-bond donors (Lipinski definition) is 1. The molecule has 1 aromatic rings. The number of primary sulfonamides is 1. The molecule has 0 amide bonds. The van der Waals surface area contributed by atoms with Crippen molar-refractivity contribution < 1.29 is 13.2 Å². The van der Waals surface area contributed by atoms with E-state index in [-0.39, 0.29) is 5.75 Å². The molecule has 0 aromatic heterocycles. The van der Waals surface area contributed by atoms with E-state index in [1.54, 1.807) is 12.1 Å². The average Bonchev–Trinajstić information content (AvgIpc) is 2.29. The van der Waals surface area contributed by atoms with Gasteiger partial charge in [0, 0.05) is 5.02 Å². The van der Waals surface area contributed by atoms with Crippen molar-refractivity contribution in [3.8, 4) is 5.75 Å². The molecule has 18 heavy (non-hydrogen) atoms. The number of benzene rings is 1. The number of ether oxygens (including phenoxy) is 1. The number of hydrogen-bond acceptors (Lipinski definition) is 3. The summed E-state index contributed by atoms with van der Waals surface area (Å²) in [5.41, 5.74) is 1.04. The van der Waals surface area contributed by atoms with Crippen molar-refractivity contribution >= 4 is 21.6 Å². The van der Waals surface area contributed by atoms with Crippen LogP contribution in [0.15, 0.2) is 18.2 Å². The molecule has 0 saturated heterocycles. The van der Waals surface area contributed by atoms with Crippen molar-refractivity contribution in [3.05, 3.63) is 28.8 Å². The van der Waals surface area contributed by atoms with Crippen LogP contribution in [0.3, 0.4) is 0 Å². The molecule has 0 fully saturated rings. The first-order chi connectivity index (χ1) is 8.42. The van der Waals surface area contributed by atoms with Gasteiger partial charge in [-0.2, -0.15) is 0 Å². The third-order valence-corrected chi connectivity index (χ3v) is 3.72. The summed E-state index contributed by atoms with van der Waals surface area (Å²) < 4.78 is 26.9. The standard InChI is InChI=1S/C12H18ClNO3S/c1-2-10-9-11(5-6-12(10)13)17-7-3-4-8-18(14,15)16/h5-6,9H,2-4,7-8H2,1H3,(H2,14,15,16). The molecule has 0 aliphatic rings. The molecule has 1 rings (SSSR count). The summed E-state index contributed by atoms with van der Waals surface area (Å²) in [5, 5.41) is 5.64. The molecular weight excluding hydrogens is 274 g/mol. The van der Waals surface area contributed by atoms with Gasteiger partial charge in [0.2, 0.25) is 10.0 Å². The SMILES string of the molecule is CCc1cc(OCCCCS(N)(=O)=O)ccc1Cl. The van der Waals surface area contributed by atoms with Gasteiger partial charge in [-0.1, -0.05) is 18.5 Å². The highest BCUT2D eigenvalue weighted by atomic mass is 35.5. The zero-order valence-electron chi connectivity index (χ0n) is 10.4. The minimum Gasteiger partial charge on any atom is -0.494 e. The van der Waals surface area contributed by atoms with Crippen LogP contribution in [-0.2, 0) is 16.4 Å². The Kier molecular flexibility index (Phi) is 5.91. The highest BCUT2D eigenvalue weighted by Gasteiger charge is 2.03. The van der Waals surface area contributed by atoms with Crippen LogP contribution in [0.5, 0.6) is 5.75 Å². The number of aryl methyl sites for hydroxylation is 1. The first-order valence-corrected chi connectivity index (χ1v) is 7.93. The van der Waals surface area contributed by atoms with Gasteiger partial charge in [0.15, 0.2) is 0 Å². The first kappa shape index (κ1) is 15.3. The van der Waals surface area contributed by atoms with Crippen molar-refractivity contribution in [1.82, 2.24) is 0 Å². The van der Waals surface area contributed by atoms with E-state index in [1.165, 1.54) is 0 Å². The Balaban J connectivity index is 2.36.